The molecule has 0 saturated carbocycles. The lowest BCUT2D eigenvalue weighted by Gasteiger charge is -2.39. The number of hydrogen-bond acceptors (Lipinski definition) is 8. The van der Waals surface area contributed by atoms with Crippen molar-refractivity contribution in [3.8, 4) is 11.4 Å². The van der Waals surface area contributed by atoms with Crippen LogP contribution in [-0.2, 0) is 22.7 Å². The number of rotatable bonds is 9. The summed E-state index contributed by atoms with van der Waals surface area (Å²) in [4.78, 5) is 36.8. The van der Waals surface area contributed by atoms with Gasteiger partial charge in [0.1, 0.15) is 12.2 Å². The summed E-state index contributed by atoms with van der Waals surface area (Å²) in [6.07, 6.45) is 2.76. The Morgan fingerprint density at radius 3 is 2.89 bits per heavy atom. The summed E-state index contributed by atoms with van der Waals surface area (Å²) in [5, 5.41) is 7.03. The summed E-state index contributed by atoms with van der Waals surface area (Å²) in [6, 6.07) is 12.9. The first-order chi connectivity index (χ1) is 17.0. The highest BCUT2D eigenvalue weighted by molar-refractivity contribution is 5.87. The number of nitrogens with zero attached hydrogens (tertiary/aromatic N) is 5. The van der Waals surface area contributed by atoms with Gasteiger partial charge in [-0.05, 0) is 30.5 Å². The minimum Gasteiger partial charge on any atom is -0.359 e. The third-order valence-corrected chi connectivity index (χ3v) is 5.76. The van der Waals surface area contributed by atoms with Crippen molar-refractivity contribution >= 4 is 30.3 Å². The highest BCUT2D eigenvalue weighted by atomic mass is 16.5. The molecule has 3 heterocycles. The monoisotopic (exact) mass is 473 g/mol. The number of benzene rings is 1. The fourth-order valence-electron chi connectivity index (χ4n) is 3.96. The van der Waals surface area contributed by atoms with Crippen LogP contribution in [-0.4, -0.2) is 64.3 Å². The van der Waals surface area contributed by atoms with Crippen LogP contribution < -0.4 is 11.1 Å². The second-order valence-corrected chi connectivity index (χ2v) is 8.07. The molecule has 1 fully saturated rings. The molecule has 10 nitrogen and oxygen atoms in total. The Morgan fingerprint density at radius 1 is 1.29 bits per heavy atom. The molecule has 1 saturated heterocycles. The fraction of sp³-hybridized carbons (Fsp3) is 0.240. The van der Waals surface area contributed by atoms with Gasteiger partial charge in [-0.2, -0.15) is 0 Å². The second-order valence-electron chi connectivity index (χ2n) is 8.07. The van der Waals surface area contributed by atoms with Crippen molar-refractivity contribution in [2.24, 2.45) is 10.7 Å². The highest BCUT2D eigenvalue weighted by Crippen LogP contribution is 2.25. The minimum absolute atomic E-state index is 0.00820. The van der Waals surface area contributed by atoms with E-state index in [1.165, 1.54) is 4.90 Å². The van der Waals surface area contributed by atoms with E-state index in [9.17, 15) is 9.59 Å². The number of nitrogens with two attached hydrogens (primary N) is 1. The molecule has 1 atom stereocenters. The summed E-state index contributed by atoms with van der Waals surface area (Å²) in [6.45, 7) is 8.22. The van der Waals surface area contributed by atoms with E-state index >= 15 is 0 Å². The second kappa shape index (κ2) is 10.9. The van der Waals surface area contributed by atoms with Crippen molar-refractivity contribution in [1.29, 1.82) is 0 Å². The molecule has 0 aliphatic carbocycles. The summed E-state index contributed by atoms with van der Waals surface area (Å²) in [5.74, 6) is 0.125. The zero-order chi connectivity index (χ0) is 24.8. The molecule has 3 N–H and O–H groups in total. The van der Waals surface area contributed by atoms with Gasteiger partial charge in [-0.15, -0.1) is 0 Å². The third-order valence-electron chi connectivity index (χ3n) is 5.76. The fourth-order valence-corrected chi connectivity index (χ4v) is 3.96. The zero-order valence-corrected chi connectivity index (χ0v) is 19.3. The van der Waals surface area contributed by atoms with E-state index in [2.05, 4.69) is 33.7 Å². The Hall–Kier alpha value is -4.15. The van der Waals surface area contributed by atoms with Crippen molar-refractivity contribution in [3.05, 3.63) is 72.1 Å². The maximum absolute atomic E-state index is 12.8. The number of piperazine rings is 1. The largest absolute Gasteiger partial charge is 0.359 e. The van der Waals surface area contributed by atoms with Gasteiger partial charge in [0.05, 0.1) is 37.2 Å². The van der Waals surface area contributed by atoms with Crippen LogP contribution in [0.3, 0.4) is 0 Å². The number of aromatic nitrogens is 2. The molecule has 10 heteroatoms. The van der Waals surface area contributed by atoms with Gasteiger partial charge >= 0.3 is 0 Å². The first-order valence-electron chi connectivity index (χ1n) is 11.1. The average Bonchev–Trinajstić information content (AvgIpc) is 3.35. The molecule has 2 aromatic heterocycles. The normalized spacial score (nSPS) is 15.8. The molecule has 1 aromatic carbocycles. The molecule has 180 valence electrons. The average molecular weight is 474 g/mol. The lowest BCUT2D eigenvalue weighted by molar-refractivity contribution is -0.149. The Bertz CT molecular complexity index is 1220. The van der Waals surface area contributed by atoms with Crippen molar-refractivity contribution in [2.75, 3.05) is 19.6 Å². The molecule has 1 aliphatic rings. The van der Waals surface area contributed by atoms with Crippen LogP contribution in [0, 0.1) is 0 Å². The van der Waals surface area contributed by atoms with Crippen LogP contribution in [0.15, 0.2) is 64.8 Å². The molecule has 4 rings (SSSR count). The number of amides is 2. The number of hydrogen-bond donors (Lipinski definition) is 2. The number of carbonyl (C=O) groups is 2. The number of carbonyl (C=O) groups excluding carboxylic acids is 2. The van der Waals surface area contributed by atoms with Crippen LogP contribution in [0.5, 0.6) is 0 Å². The van der Waals surface area contributed by atoms with Crippen LogP contribution in [0.25, 0.3) is 17.5 Å². The quantitative estimate of drug-likeness (QED) is 0.454. The number of pyridine rings is 1. The third kappa shape index (κ3) is 5.51. The van der Waals surface area contributed by atoms with E-state index in [1.54, 1.807) is 23.2 Å². The summed E-state index contributed by atoms with van der Waals surface area (Å²) >= 11 is 0. The summed E-state index contributed by atoms with van der Waals surface area (Å²) in [7, 11) is 0. The molecule has 2 amide bonds. The van der Waals surface area contributed by atoms with Crippen LogP contribution in [0.4, 0.5) is 5.69 Å². The lowest BCUT2D eigenvalue weighted by atomic mass is 10.0. The Balaban J connectivity index is 1.31. The van der Waals surface area contributed by atoms with E-state index in [0.29, 0.717) is 35.9 Å². The van der Waals surface area contributed by atoms with Gasteiger partial charge in [0.15, 0.2) is 5.76 Å². The molecule has 1 aliphatic heterocycles. The van der Waals surface area contributed by atoms with Gasteiger partial charge in [-0.25, -0.2) is 0 Å². The molecular formula is C25H27N7O3. The van der Waals surface area contributed by atoms with E-state index in [-0.39, 0.29) is 31.4 Å². The number of aliphatic imine (C=N–C) groups is 1. The van der Waals surface area contributed by atoms with Gasteiger partial charge in [0.2, 0.25) is 11.8 Å². The van der Waals surface area contributed by atoms with Crippen molar-refractivity contribution in [2.45, 2.75) is 19.3 Å². The predicted octanol–water partition coefficient (Wildman–Crippen LogP) is 1.96. The van der Waals surface area contributed by atoms with E-state index in [4.69, 9.17) is 10.3 Å². The summed E-state index contributed by atoms with van der Waals surface area (Å²) < 4.78 is 5.31. The molecule has 0 bridgehead atoms. The molecular weight excluding hydrogens is 446 g/mol. The van der Waals surface area contributed by atoms with Crippen LogP contribution >= 0.6 is 0 Å². The van der Waals surface area contributed by atoms with E-state index in [0.717, 1.165) is 11.1 Å². The maximum atomic E-state index is 12.8. The first-order valence-corrected chi connectivity index (χ1v) is 11.1. The van der Waals surface area contributed by atoms with Gasteiger partial charge in [-0.1, -0.05) is 36.0 Å². The van der Waals surface area contributed by atoms with Gasteiger partial charge < -0.3 is 25.4 Å². The predicted molar refractivity (Wildman–Crippen MR) is 132 cm³/mol. The van der Waals surface area contributed by atoms with Crippen molar-refractivity contribution in [3.63, 3.8) is 0 Å². The smallest absolute Gasteiger partial charge is 0.242 e. The zero-order valence-electron chi connectivity index (χ0n) is 19.3. The lowest BCUT2D eigenvalue weighted by Crippen LogP contribution is -2.62. The van der Waals surface area contributed by atoms with Crippen molar-refractivity contribution < 1.29 is 14.1 Å². The standard InChI is InChI=1S/C25H27N7O3/c1-3-19-17(7-6-9-20(19)27-2)14-31-15-23(26)32(16-25(31)34)24(33)13-28-12-18-11-22(30-35-18)21-8-4-5-10-29-21/h3-11,23,28H,1-2,12-16,26H2. The van der Waals surface area contributed by atoms with E-state index < -0.39 is 6.17 Å². The minimum atomic E-state index is -0.615. The Kier molecular flexibility index (Phi) is 7.44. The first kappa shape index (κ1) is 24.0. The molecule has 3 aromatic rings. The van der Waals surface area contributed by atoms with E-state index in [1.807, 2.05) is 36.4 Å². The van der Waals surface area contributed by atoms with Gasteiger partial charge in [0, 0.05) is 24.4 Å². The SMILES string of the molecule is C=Cc1c(CN2CC(N)N(C(=O)CNCc3cc(-c4ccccn4)no3)CC2=O)cccc1N=C. The Morgan fingerprint density at radius 2 is 2.14 bits per heavy atom. The molecule has 0 spiro atoms. The molecule has 0 radical (unpaired) electrons. The summed E-state index contributed by atoms with van der Waals surface area (Å²) in [5.41, 5.74) is 10.0. The van der Waals surface area contributed by atoms with Crippen molar-refractivity contribution in [1.82, 2.24) is 25.3 Å². The number of nitrogens with one attached hydrogen (secondary N) is 1. The maximum Gasteiger partial charge on any atom is 0.242 e. The Labute approximate surface area is 203 Å². The van der Waals surface area contributed by atoms with Gasteiger partial charge in [0.25, 0.3) is 0 Å². The molecule has 1 unspecified atom stereocenters. The van der Waals surface area contributed by atoms with Crippen LogP contribution in [0.1, 0.15) is 16.9 Å². The molecule has 35 heavy (non-hydrogen) atoms. The highest BCUT2D eigenvalue weighted by Gasteiger charge is 2.33. The van der Waals surface area contributed by atoms with Crippen LogP contribution in [0.2, 0.25) is 0 Å². The topological polar surface area (TPSA) is 130 Å². The van der Waals surface area contributed by atoms with Gasteiger partial charge in [-0.3, -0.25) is 19.6 Å².